The van der Waals surface area contributed by atoms with Gasteiger partial charge in [0.1, 0.15) is 0 Å². The van der Waals surface area contributed by atoms with Crippen LogP contribution in [0.15, 0.2) is 30.5 Å². The third kappa shape index (κ3) is 1.52. The van der Waals surface area contributed by atoms with E-state index in [0.717, 1.165) is 11.5 Å². The second-order valence-corrected chi connectivity index (χ2v) is 3.03. The highest BCUT2D eigenvalue weighted by Crippen LogP contribution is 2.08. The smallest absolute Gasteiger partial charge is 0.153 e. The van der Waals surface area contributed by atoms with Gasteiger partial charge in [0.15, 0.2) is 5.82 Å². The molecule has 0 atom stereocenters. The summed E-state index contributed by atoms with van der Waals surface area (Å²) in [5, 5.41) is 13.1. The average molecular weight is 189 g/mol. The standard InChI is InChI=1S/C10H11N3O/c1-8-6-9(7-14)12-13(8)10-4-2-3-5-11-10/h2-6,14H,7H2,1H3. The van der Waals surface area contributed by atoms with E-state index in [-0.39, 0.29) is 6.61 Å². The average Bonchev–Trinajstić information content (AvgIpc) is 2.61. The SMILES string of the molecule is Cc1cc(CO)nn1-c1ccccn1. The first kappa shape index (κ1) is 8.90. The lowest BCUT2D eigenvalue weighted by atomic mass is 10.4. The van der Waals surface area contributed by atoms with Gasteiger partial charge in [0.2, 0.25) is 0 Å². The molecule has 0 radical (unpaired) electrons. The molecule has 0 bridgehead atoms. The maximum Gasteiger partial charge on any atom is 0.153 e. The van der Waals surface area contributed by atoms with Gasteiger partial charge in [0.25, 0.3) is 0 Å². The Balaban J connectivity index is 2.46. The lowest BCUT2D eigenvalue weighted by Crippen LogP contribution is -2.01. The molecule has 0 spiro atoms. The Labute approximate surface area is 81.8 Å². The minimum absolute atomic E-state index is 0.0410. The van der Waals surface area contributed by atoms with Crippen molar-refractivity contribution in [2.24, 2.45) is 0 Å². The summed E-state index contributed by atoms with van der Waals surface area (Å²) in [6.45, 7) is 1.89. The fourth-order valence-corrected chi connectivity index (χ4v) is 1.33. The van der Waals surface area contributed by atoms with Crippen molar-refractivity contribution in [1.82, 2.24) is 14.8 Å². The molecule has 1 N–H and O–H groups in total. The van der Waals surface area contributed by atoms with Crippen LogP contribution in [0.1, 0.15) is 11.4 Å². The molecule has 0 aliphatic carbocycles. The van der Waals surface area contributed by atoms with Crippen LogP contribution in [0.25, 0.3) is 5.82 Å². The number of aliphatic hydroxyl groups excluding tert-OH is 1. The number of aryl methyl sites for hydroxylation is 1. The van der Waals surface area contributed by atoms with Crippen LogP contribution in [0.3, 0.4) is 0 Å². The summed E-state index contributed by atoms with van der Waals surface area (Å²) < 4.78 is 1.71. The largest absolute Gasteiger partial charge is 0.390 e. The third-order valence-corrected chi connectivity index (χ3v) is 1.97. The molecule has 0 aliphatic heterocycles. The summed E-state index contributed by atoms with van der Waals surface area (Å²) in [5.41, 5.74) is 1.63. The highest BCUT2D eigenvalue weighted by Gasteiger charge is 2.05. The lowest BCUT2D eigenvalue weighted by molar-refractivity contribution is 0.276. The summed E-state index contributed by atoms with van der Waals surface area (Å²) in [5.74, 6) is 0.768. The van der Waals surface area contributed by atoms with Crippen LogP contribution in [0.4, 0.5) is 0 Å². The van der Waals surface area contributed by atoms with Gasteiger partial charge in [-0.25, -0.2) is 9.67 Å². The minimum Gasteiger partial charge on any atom is -0.390 e. The van der Waals surface area contributed by atoms with Gasteiger partial charge in [-0.15, -0.1) is 0 Å². The minimum atomic E-state index is -0.0410. The first-order valence-electron chi connectivity index (χ1n) is 4.39. The fraction of sp³-hybridized carbons (Fsp3) is 0.200. The van der Waals surface area contributed by atoms with Crippen LogP contribution < -0.4 is 0 Å². The Morgan fingerprint density at radius 2 is 2.29 bits per heavy atom. The fourth-order valence-electron chi connectivity index (χ4n) is 1.33. The highest BCUT2D eigenvalue weighted by molar-refractivity contribution is 5.25. The normalized spacial score (nSPS) is 10.4. The molecule has 2 rings (SSSR count). The Morgan fingerprint density at radius 1 is 1.43 bits per heavy atom. The molecular formula is C10H11N3O. The zero-order valence-corrected chi connectivity index (χ0v) is 7.88. The monoisotopic (exact) mass is 189 g/mol. The number of pyridine rings is 1. The van der Waals surface area contributed by atoms with E-state index in [0.29, 0.717) is 5.69 Å². The molecule has 0 amide bonds. The molecule has 14 heavy (non-hydrogen) atoms. The van der Waals surface area contributed by atoms with Gasteiger partial charge in [-0.1, -0.05) is 6.07 Å². The quantitative estimate of drug-likeness (QED) is 0.768. The van der Waals surface area contributed by atoms with E-state index in [1.165, 1.54) is 0 Å². The van der Waals surface area contributed by atoms with E-state index in [2.05, 4.69) is 10.1 Å². The second-order valence-electron chi connectivity index (χ2n) is 3.03. The Hall–Kier alpha value is -1.68. The van der Waals surface area contributed by atoms with E-state index in [4.69, 9.17) is 5.11 Å². The Kier molecular flexibility index (Phi) is 2.28. The molecule has 0 saturated carbocycles. The molecule has 2 aromatic heterocycles. The first-order chi connectivity index (χ1) is 6.81. The molecule has 72 valence electrons. The lowest BCUT2D eigenvalue weighted by Gasteiger charge is -2.01. The molecule has 4 heteroatoms. The van der Waals surface area contributed by atoms with Gasteiger partial charge < -0.3 is 5.11 Å². The van der Waals surface area contributed by atoms with Crippen molar-refractivity contribution in [3.05, 3.63) is 41.9 Å². The van der Waals surface area contributed by atoms with E-state index in [1.807, 2.05) is 31.2 Å². The van der Waals surface area contributed by atoms with Crippen LogP contribution >= 0.6 is 0 Å². The highest BCUT2D eigenvalue weighted by atomic mass is 16.3. The van der Waals surface area contributed by atoms with Crippen LogP contribution in [-0.4, -0.2) is 19.9 Å². The van der Waals surface area contributed by atoms with Gasteiger partial charge >= 0.3 is 0 Å². The summed E-state index contributed by atoms with van der Waals surface area (Å²) in [7, 11) is 0. The molecule has 0 fully saturated rings. The topological polar surface area (TPSA) is 50.9 Å². The zero-order valence-electron chi connectivity index (χ0n) is 7.88. The van der Waals surface area contributed by atoms with Gasteiger partial charge in [-0.2, -0.15) is 5.10 Å². The van der Waals surface area contributed by atoms with Crippen molar-refractivity contribution in [3.63, 3.8) is 0 Å². The van der Waals surface area contributed by atoms with Crippen molar-refractivity contribution in [2.75, 3.05) is 0 Å². The maximum absolute atomic E-state index is 8.93. The molecule has 0 aliphatic rings. The summed E-state index contributed by atoms with van der Waals surface area (Å²) in [6.07, 6.45) is 1.72. The Bertz CT molecular complexity index is 422. The van der Waals surface area contributed by atoms with Gasteiger partial charge in [0, 0.05) is 11.9 Å². The predicted octanol–water partition coefficient (Wildman–Crippen LogP) is 1.07. The van der Waals surface area contributed by atoms with Gasteiger partial charge in [-0.05, 0) is 25.1 Å². The van der Waals surface area contributed by atoms with Crippen molar-refractivity contribution in [2.45, 2.75) is 13.5 Å². The number of rotatable bonds is 2. The van der Waals surface area contributed by atoms with Gasteiger partial charge in [0.05, 0.1) is 12.3 Å². The first-order valence-corrected chi connectivity index (χ1v) is 4.39. The summed E-state index contributed by atoms with van der Waals surface area (Å²) in [4.78, 5) is 4.18. The van der Waals surface area contributed by atoms with Gasteiger partial charge in [-0.3, -0.25) is 0 Å². The molecule has 0 unspecified atom stereocenters. The number of hydrogen-bond acceptors (Lipinski definition) is 3. The number of aliphatic hydroxyl groups is 1. The number of nitrogens with zero attached hydrogens (tertiary/aromatic N) is 3. The van der Waals surface area contributed by atoms with Crippen molar-refractivity contribution in [3.8, 4) is 5.82 Å². The van der Waals surface area contributed by atoms with E-state index in [9.17, 15) is 0 Å². The molecule has 2 heterocycles. The summed E-state index contributed by atoms with van der Waals surface area (Å²) in [6, 6.07) is 7.48. The van der Waals surface area contributed by atoms with Crippen LogP contribution in [0, 0.1) is 6.92 Å². The number of aromatic nitrogens is 3. The Morgan fingerprint density at radius 3 is 2.86 bits per heavy atom. The molecule has 0 saturated heterocycles. The third-order valence-electron chi connectivity index (χ3n) is 1.97. The summed E-state index contributed by atoms with van der Waals surface area (Å²) >= 11 is 0. The van der Waals surface area contributed by atoms with Crippen molar-refractivity contribution >= 4 is 0 Å². The zero-order chi connectivity index (χ0) is 9.97. The van der Waals surface area contributed by atoms with E-state index >= 15 is 0 Å². The van der Waals surface area contributed by atoms with E-state index in [1.54, 1.807) is 10.9 Å². The molecule has 4 nitrogen and oxygen atoms in total. The van der Waals surface area contributed by atoms with Crippen molar-refractivity contribution in [1.29, 1.82) is 0 Å². The van der Waals surface area contributed by atoms with E-state index < -0.39 is 0 Å². The van der Waals surface area contributed by atoms with Crippen LogP contribution in [0.5, 0.6) is 0 Å². The predicted molar refractivity (Wildman–Crippen MR) is 52.0 cm³/mol. The molecule has 2 aromatic rings. The molecule has 0 aromatic carbocycles. The van der Waals surface area contributed by atoms with Crippen molar-refractivity contribution < 1.29 is 5.11 Å². The second kappa shape index (κ2) is 3.59. The molecular weight excluding hydrogens is 178 g/mol. The maximum atomic E-state index is 8.93. The number of hydrogen-bond donors (Lipinski definition) is 1. The van der Waals surface area contributed by atoms with Crippen LogP contribution in [-0.2, 0) is 6.61 Å². The van der Waals surface area contributed by atoms with Crippen LogP contribution in [0.2, 0.25) is 0 Å².